The maximum absolute atomic E-state index is 4.61. The maximum Gasteiger partial charge on any atom is 0.178 e. The molecule has 0 saturated heterocycles. The van der Waals surface area contributed by atoms with Crippen LogP contribution in [0.15, 0.2) is 67.0 Å². The first-order valence-corrected chi connectivity index (χ1v) is 6.19. The third kappa shape index (κ3) is 2.83. The highest BCUT2D eigenvalue weighted by Crippen LogP contribution is 2.13. The average Bonchev–Trinajstić information content (AvgIpc) is 2.49. The molecule has 3 heteroatoms. The van der Waals surface area contributed by atoms with Gasteiger partial charge in [-0.15, -0.1) is 0 Å². The Morgan fingerprint density at radius 2 is 1.53 bits per heavy atom. The Bertz CT molecular complexity index is 651. The first-order valence-electron chi connectivity index (χ1n) is 6.19. The Hall–Kier alpha value is -2.55. The molecule has 3 nitrogen and oxygen atoms in total. The van der Waals surface area contributed by atoms with Gasteiger partial charge in [0.05, 0.1) is 0 Å². The monoisotopic (exact) mass is 247 g/mol. The minimum atomic E-state index is 0.664. The molecule has 2 aromatic heterocycles. The van der Waals surface area contributed by atoms with Crippen molar-refractivity contribution >= 4 is 0 Å². The van der Waals surface area contributed by atoms with E-state index in [2.05, 4.69) is 27.1 Å². The van der Waals surface area contributed by atoms with Gasteiger partial charge in [0.1, 0.15) is 5.69 Å². The molecule has 0 radical (unpaired) electrons. The Balaban J connectivity index is 1.89. The van der Waals surface area contributed by atoms with Crippen molar-refractivity contribution in [1.29, 1.82) is 0 Å². The zero-order valence-electron chi connectivity index (χ0n) is 10.4. The summed E-state index contributed by atoms with van der Waals surface area (Å²) in [5, 5.41) is 0. The van der Waals surface area contributed by atoms with Gasteiger partial charge in [0.2, 0.25) is 0 Å². The molecule has 0 aliphatic heterocycles. The van der Waals surface area contributed by atoms with Crippen LogP contribution in [0.5, 0.6) is 0 Å². The second kappa shape index (κ2) is 5.40. The fraction of sp³-hybridized carbons (Fsp3) is 0.0625. The topological polar surface area (TPSA) is 38.7 Å². The van der Waals surface area contributed by atoms with Gasteiger partial charge in [-0.1, -0.05) is 36.4 Å². The molecular formula is C16H13N3. The van der Waals surface area contributed by atoms with E-state index in [1.165, 1.54) is 5.56 Å². The van der Waals surface area contributed by atoms with E-state index in [1.807, 2.05) is 36.4 Å². The zero-order chi connectivity index (χ0) is 12.9. The molecule has 2 heterocycles. The van der Waals surface area contributed by atoms with E-state index >= 15 is 0 Å². The normalized spacial score (nSPS) is 10.3. The van der Waals surface area contributed by atoms with Crippen molar-refractivity contribution < 1.29 is 0 Å². The Morgan fingerprint density at radius 3 is 2.32 bits per heavy atom. The van der Waals surface area contributed by atoms with E-state index in [0.29, 0.717) is 5.82 Å². The lowest BCUT2D eigenvalue weighted by molar-refractivity contribution is 1.05. The highest BCUT2D eigenvalue weighted by atomic mass is 14.9. The summed E-state index contributed by atoms with van der Waals surface area (Å²) < 4.78 is 0. The summed E-state index contributed by atoms with van der Waals surface area (Å²) in [6, 6.07) is 18.1. The van der Waals surface area contributed by atoms with Gasteiger partial charge >= 0.3 is 0 Å². The third-order valence-electron chi connectivity index (χ3n) is 2.83. The van der Waals surface area contributed by atoms with Crippen LogP contribution in [0.1, 0.15) is 11.3 Å². The molecule has 0 N–H and O–H groups in total. The van der Waals surface area contributed by atoms with Gasteiger partial charge in [0.25, 0.3) is 0 Å². The van der Waals surface area contributed by atoms with E-state index in [1.54, 1.807) is 18.5 Å². The van der Waals surface area contributed by atoms with Crippen LogP contribution in [0, 0.1) is 0 Å². The van der Waals surface area contributed by atoms with Crippen molar-refractivity contribution in [3.63, 3.8) is 0 Å². The van der Waals surface area contributed by atoms with Gasteiger partial charge in [-0.05, 0) is 23.8 Å². The molecule has 3 rings (SSSR count). The quantitative estimate of drug-likeness (QED) is 0.713. The second-order valence-electron chi connectivity index (χ2n) is 4.25. The van der Waals surface area contributed by atoms with Gasteiger partial charge in [-0.3, -0.25) is 0 Å². The zero-order valence-corrected chi connectivity index (χ0v) is 10.4. The van der Waals surface area contributed by atoms with E-state index in [9.17, 15) is 0 Å². The van der Waals surface area contributed by atoms with Crippen molar-refractivity contribution in [1.82, 2.24) is 15.0 Å². The van der Waals surface area contributed by atoms with E-state index in [-0.39, 0.29) is 0 Å². The number of rotatable bonds is 3. The van der Waals surface area contributed by atoms with Crippen LogP contribution in [-0.2, 0) is 6.42 Å². The highest BCUT2D eigenvalue weighted by Gasteiger charge is 2.03. The summed E-state index contributed by atoms with van der Waals surface area (Å²) in [6.45, 7) is 0. The summed E-state index contributed by atoms with van der Waals surface area (Å²) in [4.78, 5) is 13.1. The van der Waals surface area contributed by atoms with Crippen molar-refractivity contribution in [3.8, 4) is 11.5 Å². The standard InChI is InChI=1S/C16H13N3/c1-2-6-13(7-3-1)12-14-8-4-9-15(19-14)16-17-10-5-11-18-16/h1-11H,12H2. The van der Waals surface area contributed by atoms with Crippen LogP contribution >= 0.6 is 0 Å². The number of hydrogen-bond acceptors (Lipinski definition) is 3. The van der Waals surface area contributed by atoms with Gasteiger partial charge in [0, 0.05) is 24.5 Å². The second-order valence-corrected chi connectivity index (χ2v) is 4.25. The number of nitrogens with zero attached hydrogens (tertiary/aromatic N) is 3. The van der Waals surface area contributed by atoms with Crippen molar-refractivity contribution in [3.05, 3.63) is 78.2 Å². The molecule has 0 fully saturated rings. The van der Waals surface area contributed by atoms with Gasteiger partial charge in [-0.2, -0.15) is 0 Å². The van der Waals surface area contributed by atoms with E-state index < -0.39 is 0 Å². The predicted molar refractivity (Wildman–Crippen MR) is 74.5 cm³/mol. The van der Waals surface area contributed by atoms with Gasteiger partial charge < -0.3 is 0 Å². The molecule has 92 valence electrons. The first-order chi connectivity index (χ1) is 9.42. The fourth-order valence-corrected chi connectivity index (χ4v) is 1.94. The van der Waals surface area contributed by atoms with Gasteiger partial charge in [-0.25, -0.2) is 15.0 Å². The molecule has 0 amide bonds. The van der Waals surface area contributed by atoms with Crippen LogP contribution in [0.25, 0.3) is 11.5 Å². The summed E-state index contributed by atoms with van der Waals surface area (Å²) >= 11 is 0. The van der Waals surface area contributed by atoms with Crippen LogP contribution in [-0.4, -0.2) is 15.0 Å². The lowest BCUT2D eigenvalue weighted by atomic mass is 10.1. The number of hydrogen-bond donors (Lipinski definition) is 0. The molecular weight excluding hydrogens is 234 g/mol. The molecule has 3 aromatic rings. The molecule has 0 saturated carbocycles. The first kappa shape index (κ1) is 11.5. The number of benzene rings is 1. The molecule has 0 aliphatic carbocycles. The van der Waals surface area contributed by atoms with E-state index in [4.69, 9.17) is 0 Å². The lowest BCUT2D eigenvalue weighted by Crippen LogP contribution is -1.96. The molecule has 19 heavy (non-hydrogen) atoms. The summed E-state index contributed by atoms with van der Waals surface area (Å²) in [5.74, 6) is 0.664. The number of pyridine rings is 1. The third-order valence-corrected chi connectivity index (χ3v) is 2.83. The predicted octanol–water partition coefficient (Wildman–Crippen LogP) is 3.13. The highest BCUT2D eigenvalue weighted by molar-refractivity contribution is 5.48. The van der Waals surface area contributed by atoms with Crippen molar-refractivity contribution in [2.75, 3.05) is 0 Å². The SMILES string of the molecule is c1ccc(Cc2cccc(-c3ncccn3)n2)cc1. The molecule has 0 aliphatic rings. The molecule has 1 aromatic carbocycles. The lowest BCUT2D eigenvalue weighted by Gasteiger charge is -2.03. The Labute approximate surface area is 112 Å². The Morgan fingerprint density at radius 1 is 0.737 bits per heavy atom. The molecule has 0 unspecified atom stereocenters. The number of aromatic nitrogens is 3. The van der Waals surface area contributed by atoms with Crippen molar-refractivity contribution in [2.24, 2.45) is 0 Å². The minimum Gasteiger partial charge on any atom is -0.249 e. The molecule has 0 bridgehead atoms. The smallest absolute Gasteiger partial charge is 0.178 e. The summed E-state index contributed by atoms with van der Waals surface area (Å²) in [5.41, 5.74) is 3.09. The van der Waals surface area contributed by atoms with Gasteiger partial charge in [0.15, 0.2) is 5.82 Å². The van der Waals surface area contributed by atoms with Crippen LogP contribution in [0.4, 0.5) is 0 Å². The van der Waals surface area contributed by atoms with Crippen LogP contribution in [0.2, 0.25) is 0 Å². The summed E-state index contributed by atoms with van der Waals surface area (Å²) in [7, 11) is 0. The molecule has 0 atom stereocenters. The average molecular weight is 247 g/mol. The maximum atomic E-state index is 4.61. The minimum absolute atomic E-state index is 0.664. The van der Waals surface area contributed by atoms with E-state index in [0.717, 1.165) is 17.8 Å². The summed E-state index contributed by atoms with van der Waals surface area (Å²) in [6.07, 6.45) is 4.28. The van der Waals surface area contributed by atoms with Crippen LogP contribution < -0.4 is 0 Å². The fourth-order valence-electron chi connectivity index (χ4n) is 1.94. The Kier molecular flexibility index (Phi) is 3.28. The van der Waals surface area contributed by atoms with Crippen LogP contribution in [0.3, 0.4) is 0 Å². The largest absolute Gasteiger partial charge is 0.249 e. The van der Waals surface area contributed by atoms with Crippen molar-refractivity contribution in [2.45, 2.75) is 6.42 Å². The molecule has 0 spiro atoms.